The van der Waals surface area contributed by atoms with Crippen LogP contribution >= 0.6 is 11.6 Å². The zero-order valence-corrected chi connectivity index (χ0v) is 36.4. The van der Waals surface area contributed by atoms with Gasteiger partial charge in [-0.05, 0) is 0 Å². The second kappa shape index (κ2) is 24.3. The number of alkyl halides is 1. The number of hydrogen-bond acceptors (Lipinski definition) is 25. The number of hydrogen-bond donors (Lipinski definition) is 1. The van der Waals surface area contributed by atoms with Crippen LogP contribution in [0.3, 0.4) is 0 Å². The van der Waals surface area contributed by atoms with Crippen molar-refractivity contribution in [3.8, 4) is 0 Å². The van der Waals surface area contributed by atoms with Crippen molar-refractivity contribution >= 4 is 65.3 Å². The van der Waals surface area contributed by atoms with Gasteiger partial charge >= 0.3 is 53.7 Å². The average molecular weight is 931 g/mol. The Kier molecular flexibility index (Phi) is 20.3. The van der Waals surface area contributed by atoms with Crippen LogP contribution in [0.4, 0.5) is 0 Å². The van der Waals surface area contributed by atoms with Crippen molar-refractivity contribution in [3.63, 3.8) is 0 Å². The van der Waals surface area contributed by atoms with E-state index in [1.807, 2.05) is 0 Å². The summed E-state index contributed by atoms with van der Waals surface area (Å²) in [6.45, 7) is 6.17. The minimum absolute atomic E-state index is 0.596. The minimum atomic E-state index is -1.86. The molecule has 3 aliphatic heterocycles. The summed E-state index contributed by atoms with van der Waals surface area (Å²) in [5, 5.41) is 9.94. The summed E-state index contributed by atoms with van der Waals surface area (Å²) in [4.78, 5) is 110. The highest BCUT2D eigenvalue weighted by Gasteiger charge is 2.58. The summed E-state index contributed by atoms with van der Waals surface area (Å²) in [7, 11) is 0. The Bertz CT molecular complexity index is 1660. The van der Waals surface area contributed by atoms with Crippen molar-refractivity contribution in [3.05, 3.63) is 0 Å². The summed E-state index contributed by atoms with van der Waals surface area (Å²) < 4.78 is 84.2. The maximum atomic E-state index is 12.7. The third kappa shape index (κ3) is 15.8. The second-order valence-electron chi connectivity index (χ2n) is 13.9. The molecule has 3 fully saturated rings. The fourth-order valence-corrected chi connectivity index (χ4v) is 7.04. The van der Waals surface area contributed by atoms with Crippen LogP contribution in [0.5, 0.6) is 0 Å². The molecule has 0 bridgehead atoms. The predicted octanol–water partition coefficient (Wildman–Crippen LogP) is -1.22. The van der Waals surface area contributed by atoms with Crippen molar-refractivity contribution < 1.29 is 119 Å². The Morgan fingerprint density at radius 1 is 0.397 bits per heavy atom. The highest BCUT2D eigenvalue weighted by molar-refractivity contribution is 6.20. The second-order valence-corrected chi connectivity index (χ2v) is 14.4. The van der Waals surface area contributed by atoms with Crippen LogP contribution in [0.1, 0.15) is 62.3 Å². The fourth-order valence-electron chi connectivity index (χ4n) is 6.72. The van der Waals surface area contributed by atoms with Gasteiger partial charge in [0.25, 0.3) is 0 Å². The molecule has 0 aliphatic carbocycles. The van der Waals surface area contributed by atoms with Crippen LogP contribution in [-0.2, 0) is 114 Å². The van der Waals surface area contributed by atoms with Gasteiger partial charge in [0.2, 0.25) is 0 Å². The molecule has 0 spiro atoms. The normalized spacial score (nSPS) is 32.7. The molecule has 0 saturated carbocycles. The molecule has 63 heavy (non-hydrogen) atoms. The molecule has 26 heteroatoms. The number of ether oxygens (including phenoxy) is 15. The Hall–Kier alpha value is -4.76. The quantitative estimate of drug-likeness (QED) is 0.0729. The zero-order valence-electron chi connectivity index (χ0n) is 35.6. The predicted molar refractivity (Wildman–Crippen MR) is 197 cm³/mol. The molecule has 1 unspecified atom stereocenters. The van der Waals surface area contributed by atoms with Gasteiger partial charge in [0, 0.05) is 62.3 Å². The summed E-state index contributed by atoms with van der Waals surface area (Å²) in [6, 6.07) is 0. The SMILES string of the molecule is CC(=O)OC[C@H]1O[C@@H](O[C@H]2[C@H](OC(C)=O)[C@@H](CO[C@@H]3O[C@H](COC(C)=O)[C@@H](OC(C)=O)[C@H](OC(C)=O)[C@H]3OC(C)=O)OC(Cl)[C@@H]2OC(C)=O)[C@H](OCO)[C@@H](OC(C)=O)[C@@H]1OC(C)=O. The lowest BCUT2D eigenvalue weighted by molar-refractivity contribution is -0.353. The van der Waals surface area contributed by atoms with Gasteiger partial charge in [0.1, 0.15) is 44.4 Å². The molecule has 15 atom stereocenters. The molecule has 0 radical (unpaired) electrons. The monoisotopic (exact) mass is 930 g/mol. The molecule has 3 aliphatic rings. The maximum Gasteiger partial charge on any atom is 0.303 e. The lowest BCUT2D eigenvalue weighted by Gasteiger charge is -2.48. The number of carbonyl (C=O) groups excluding carboxylic acids is 9. The van der Waals surface area contributed by atoms with E-state index in [9.17, 15) is 48.3 Å². The Balaban J connectivity index is 2.13. The number of carbonyl (C=O) groups is 9. The smallest absolute Gasteiger partial charge is 0.303 e. The van der Waals surface area contributed by atoms with E-state index in [0.29, 0.717) is 0 Å². The number of esters is 9. The van der Waals surface area contributed by atoms with Crippen LogP contribution in [0.2, 0.25) is 0 Å². The van der Waals surface area contributed by atoms with Crippen molar-refractivity contribution in [2.75, 3.05) is 26.6 Å². The molecule has 0 aromatic carbocycles. The van der Waals surface area contributed by atoms with E-state index >= 15 is 0 Å². The third-order valence-electron chi connectivity index (χ3n) is 8.76. The van der Waals surface area contributed by atoms with E-state index in [-0.39, 0.29) is 0 Å². The first-order valence-corrected chi connectivity index (χ1v) is 19.5. The van der Waals surface area contributed by atoms with Crippen LogP contribution in [0.25, 0.3) is 0 Å². The summed E-state index contributed by atoms with van der Waals surface area (Å²) in [5.41, 5.74) is -1.68. The number of aliphatic hydroxyl groups excluding tert-OH is 1. The number of rotatable bonds is 18. The van der Waals surface area contributed by atoms with E-state index in [4.69, 9.17) is 82.7 Å². The molecule has 0 aromatic rings. The van der Waals surface area contributed by atoms with Crippen LogP contribution in [0, 0.1) is 0 Å². The van der Waals surface area contributed by atoms with Gasteiger partial charge in [-0.15, -0.1) is 0 Å². The molecule has 3 heterocycles. The minimum Gasteiger partial charge on any atom is -0.463 e. The molecule has 3 saturated heterocycles. The molecular formula is C37H51ClO25. The topological polar surface area (TPSA) is 312 Å². The molecule has 25 nitrogen and oxygen atoms in total. The van der Waals surface area contributed by atoms with Gasteiger partial charge in [0.15, 0.2) is 67.0 Å². The standard InChI is InChI=1S/C37H51ClO25/c1-14(40)49-10-24-28(55-18(5)44)31(57-20(7)46)34(59-22(9)48)36(61-24)51-12-23-26(53-16(3)42)29(32(35(38)60-23)58-21(8)47)63-37-33(52-13-39)30(56-19(6)45)27(54-17(4)43)25(62-37)11-50-15(2)41/h23-37,39H,10-13H2,1-9H3/t23-,24-,25-,26-,27-,28-,29+,30+,31+,32-,33-,34-,35?,36-,37+/m1/s1. The maximum absolute atomic E-state index is 12.7. The van der Waals surface area contributed by atoms with Crippen molar-refractivity contribution in [1.82, 2.24) is 0 Å². The number of aliphatic hydroxyl groups is 1. The van der Waals surface area contributed by atoms with E-state index in [2.05, 4.69) is 0 Å². The third-order valence-corrected chi connectivity index (χ3v) is 9.11. The highest BCUT2D eigenvalue weighted by Crippen LogP contribution is 2.37. The first-order chi connectivity index (χ1) is 29.5. The molecule has 1 N–H and O–H groups in total. The number of halogens is 1. The van der Waals surface area contributed by atoms with E-state index in [1.165, 1.54) is 0 Å². The van der Waals surface area contributed by atoms with Crippen LogP contribution in [0.15, 0.2) is 0 Å². The van der Waals surface area contributed by atoms with E-state index in [0.717, 1.165) is 62.3 Å². The first kappa shape index (κ1) is 52.6. The molecule has 0 aromatic heterocycles. The average Bonchev–Trinajstić information content (AvgIpc) is 3.14. The first-order valence-electron chi connectivity index (χ1n) is 19.1. The Morgan fingerprint density at radius 2 is 0.746 bits per heavy atom. The van der Waals surface area contributed by atoms with Gasteiger partial charge in [-0.1, -0.05) is 11.6 Å². The Morgan fingerprint density at radius 3 is 1.16 bits per heavy atom. The van der Waals surface area contributed by atoms with Crippen molar-refractivity contribution in [1.29, 1.82) is 0 Å². The largest absolute Gasteiger partial charge is 0.463 e. The van der Waals surface area contributed by atoms with E-state index in [1.54, 1.807) is 0 Å². The summed E-state index contributed by atoms with van der Waals surface area (Å²) in [6.07, 6.45) is -23.0. The van der Waals surface area contributed by atoms with Crippen molar-refractivity contribution in [2.45, 2.75) is 154 Å². The fraction of sp³-hybridized carbons (Fsp3) is 0.757. The molecular weight excluding hydrogens is 880 g/mol. The molecule has 0 amide bonds. The van der Waals surface area contributed by atoms with Gasteiger partial charge in [-0.3, -0.25) is 43.2 Å². The highest BCUT2D eigenvalue weighted by atomic mass is 35.5. The zero-order chi connectivity index (χ0) is 47.3. The van der Waals surface area contributed by atoms with Gasteiger partial charge < -0.3 is 76.2 Å². The van der Waals surface area contributed by atoms with Crippen LogP contribution < -0.4 is 0 Å². The summed E-state index contributed by atoms with van der Waals surface area (Å²) in [5.74, 6) is -8.07. The van der Waals surface area contributed by atoms with Crippen molar-refractivity contribution in [2.24, 2.45) is 0 Å². The Labute approximate surface area is 364 Å². The van der Waals surface area contributed by atoms with Crippen LogP contribution in [-0.4, -0.2) is 177 Å². The van der Waals surface area contributed by atoms with Gasteiger partial charge in [0.05, 0.1) is 6.61 Å². The van der Waals surface area contributed by atoms with Gasteiger partial charge in [-0.2, -0.15) is 0 Å². The molecule has 3 rings (SSSR count). The lowest BCUT2D eigenvalue weighted by atomic mass is 9.96. The summed E-state index contributed by atoms with van der Waals surface area (Å²) >= 11 is 6.66. The molecule has 356 valence electrons. The van der Waals surface area contributed by atoms with E-state index < -0.39 is 172 Å². The van der Waals surface area contributed by atoms with Gasteiger partial charge in [-0.25, -0.2) is 0 Å². The lowest BCUT2D eigenvalue weighted by Crippen LogP contribution is -2.67.